The Morgan fingerprint density at radius 2 is 2.05 bits per heavy atom. The lowest BCUT2D eigenvalue weighted by Gasteiger charge is -2.30. The van der Waals surface area contributed by atoms with Crippen molar-refractivity contribution in [3.63, 3.8) is 0 Å². The summed E-state index contributed by atoms with van der Waals surface area (Å²) in [6.07, 6.45) is 3.96. The molecule has 2 aliphatic rings. The number of β-amino-alcohol motifs (C(OH)–C–C–N with tert-alkyl or cyclic N) is 1. The molecule has 4 aromatic rings. The van der Waals surface area contributed by atoms with E-state index in [4.69, 9.17) is 11.6 Å². The Hall–Kier alpha value is -4.02. The van der Waals surface area contributed by atoms with E-state index in [0.29, 0.717) is 53.0 Å². The number of hydrogen-bond donors (Lipinski definition) is 3. The fraction of sp³-hybridized carbons (Fsp3) is 0.231. The number of hydrogen-bond acceptors (Lipinski definition) is 5. The summed E-state index contributed by atoms with van der Waals surface area (Å²) in [5.74, 6) is -0.861. The summed E-state index contributed by atoms with van der Waals surface area (Å²) >= 11 is 6.40. The van der Waals surface area contributed by atoms with Gasteiger partial charge in [-0.1, -0.05) is 11.6 Å². The first-order valence-corrected chi connectivity index (χ1v) is 12.2. The first kappa shape index (κ1) is 23.4. The van der Waals surface area contributed by atoms with E-state index in [0.717, 1.165) is 5.56 Å². The summed E-state index contributed by atoms with van der Waals surface area (Å²) in [7, 11) is 0. The molecule has 0 spiro atoms. The van der Waals surface area contributed by atoms with Gasteiger partial charge < -0.3 is 20.6 Å². The number of pyridine rings is 1. The van der Waals surface area contributed by atoms with Crippen LogP contribution in [0.4, 0.5) is 14.9 Å². The Balaban J connectivity index is 1.48. The largest absolute Gasteiger partial charge is 0.391 e. The maximum atomic E-state index is 14.2. The highest BCUT2D eigenvalue weighted by molar-refractivity contribution is 6.31. The number of fused-ring (bicyclic) bond motifs is 2. The minimum Gasteiger partial charge on any atom is -0.391 e. The normalized spacial score (nSPS) is 19.1. The number of nitrogens with zero attached hydrogens (tertiary/aromatic N) is 4. The summed E-state index contributed by atoms with van der Waals surface area (Å²) in [4.78, 5) is 32.1. The molecule has 2 atom stereocenters. The first-order chi connectivity index (χ1) is 17.9. The van der Waals surface area contributed by atoms with Crippen molar-refractivity contribution >= 4 is 34.9 Å². The van der Waals surface area contributed by atoms with Crippen molar-refractivity contribution < 1.29 is 19.1 Å². The minimum absolute atomic E-state index is 0.215. The summed E-state index contributed by atoms with van der Waals surface area (Å²) in [5.41, 5.74) is 3.70. The molecule has 6 rings (SSSR count). The molecule has 37 heavy (non-hydrogen) atoms. The smallest absolute Gasteiger partial charge is 0.321 e. The number of carbonyl (C=O) groups is 2. The van der Waals surface area contributed by atoms with Crippen molar-refractivity contribution in [3.05, 3.63) is 82.5 Å². The van der Waals surface area contributed by atoms with Gasteiger partial charge in [0, 0.05) is 52.3 Å². The Morgan fingerprint density at radius 3 is 2.89 bits per heavy atom. The van der Waals surface area contributed by atoms with Gasteiger partial charge in [-0.25, -0.2) is 18.7 Å². The van der Waals surface area contributed by atoms with Gasteiger partial charge in [-0.3, -0.25) is 4.79 Å². The number of aromatic nitrogens is 3. The highest BCUT2D eigenvalue weighted by Gasteiger charge is 2.35. The van der Waals surface area contributed by atoms with E-state index in [2.05, 4.69) is 20.7 Å². The molecule has 3 amide bonds. The molecule has 0 aliphatic carbocycles. The SMILES string of the molecule is O=C1NC(c2cc(F)ccc2Cl)c2c(NC(=O)N3CCCC(O)C3)cc(-c3ccc4ncnn4c3)cc21. The summed E-state index contributed by atoms with van der Waals surface area (Å²) in [6, 6.07) is 9.97. The third kappa shape index (κ3) is 4.28. The molecule has 2 unspecified atom stereocenters. The number of halogens is 2. The van der Waals surface area contributed by atoms with Gasteiger partial charge in [0.2, 0.25) is 0 Å². The van der Waals surface area contributed by atoms with Gasteiger partial charge in [0.15, 0.2) is 5.65 Å². The van der Waals surface area contributed by atoms with E-state index >= 15 is 0 Å². The average Bonchev–Trinajstić information content (AvgIpc) is 3.49. The molecular weight excluding hydrogens is 499 g/mol. The van der Waals surface area contributed by atoms with Crippen LogP contribution in [0.1, 0.15) is 40.4 Å². The second-order valence-electron chi connectivity index (χ2n) is 9.21. The molecule has 3 N–H and O–H groups in total. The monoisotopic (exact) mass is 520 g/mol. The van der Waals surface area contributed by atoms with Crippen LogP contribution in [0.5, 0.6) is 0 Å². The van der Waals surface area contributed by atoms with Gasteiger partial charge in [-0.05, 0) is 60.9 Å². The number of aliphatic hydroxyl groups excluding tert-OH is 1. The van der Waals surface area contributed by atoms with E-state index < -0.39 is 24.0 Å². The zero-order valence-corrected chi connectivity index (χ0v) is 20.2. The molecule has 2 aliphatic heterocycles. The molecular formula is C26H22ClFN6O3. The van der Waals surface area contributed by atoms with Crippen molar-refractivity contribution in [1.29, 1.82) is 0 Å². The molecule has 0 bridgehead atoms. The summed E-state index contributed by atoms with van der Waals surface area (Å²) in [5, 5.41) is 20.3. The molecule has 188 valence electrons. The summed E-state index contributed by atoms with van der Waals surface area (Å²) in [6.45, 7) is 0.719. The zero-order chi connectivity index (χ0) is 25.7. The number of piperidine rings is 1. The van der Waals surface area contributed by atoms with E-state index in [-0.39, 0.29) is 17.5 Å². The maximum Gasteiger partial charge on any atom is 0.321 e. The van der Waals surface area contributed by atoms with Crippen molar-refractivity contribution in [2.45, 2.75) is 25.0 Å². The molecule has 2 aromatic carbocycles. The molecule has 1 fully saturated rings. The van der Waals surface area contributed by atoms with Crippen LogP contribution < -0.4 is 10.6 Å². The van der Waals surface area contributed by atoms with Crippen molar-refractivity contribution in [1.82, 2.24) is 24.8 Å². The van der Waals surface area contributed by atoms with E-state index in [9.17, 15) is 19.1 Å². The Morgan fingerprint density at radius 1 is 1.19 bits per heavy atom. The molecule has 1 saturated heterocycles. The number of likely N-dealkylation sites (tertiary alicyclic amines) is 1. The van der Waals surface area contributed by atoms with Crippen molar-refractivity contribution in [2.24, 2.45) is 0 Å². The van der Waals surface area contributed by atoms with E-state index in [1.807, 2.05) is 6.07 Å². The number of aliphatic hydroxyl groups is 1. The zero-order valence-electron chi connectivity index (χ0n) is 19.5. The predicted octanol–water partition coefficient (Wildman–Crippen LogP) is 4.01. The van der Waals surface area contributed by atoms with Gasteiger partial charge in [-0.15, -0.1) is 0 Å². The molecule has 4 heterocycles. The Labute approximate surface area is 215 Å². The topological polar surface area (TPSA) is 112 Å². The minimum atomic E-state index is -0.764. The lowest BCUT2D eigenvalue weighted by molar-refractivity contribution is 0.0883. The molecule has 9 nitrogen and oxygen atoms in total. The lowest BCUT2D eigenvalue weighted by Crippen LogP contribution is -2.44. The summed E-state index contributed by atoms with van der Waals surface area (Å²) < 4.78 is 15.8. The maximum absolute atomic E-state index is 14.2. The van der Waals surface area contributed by atoms with Crippen molar-refractivity contribution in [3.8, 4) is 11.1 Å². The number of nitrogens with one attached hydrogen (secondary N) is 2. The fourth-order valence-electron chi connectivity index (χ4n) is 4.99. The number of anilines is 1. The first-order valence-electron chi connectivity index (χ1n) is 11.8. The fourth-order valence-corrected chi connectivity index (χ4v) is 5.22. The van der Waals surface area contributed by atoms with Crippen LogP contribution in [0.15, 0.2) is 55.0 Å². The van der Waals surface area contributed by atoms with Crippen LogP contribution in [-0.2, 0) is 0 Å². The van der Waals surface area contributed by atoms with Crippen molar-refractivity contribution in [2.75, 3.05) is 18.4 Å². The van der Waals surface area contributed by atoms with Gasteiger partial charge >= 0.3 is 6.03 Å². The van der Waals surface area contributed by atoms with Crippen LogP contribution in [0.3, 0.4) is 0 Å². The van der Waals surface area contributed by atoms with Gasteiger partial charge in [0.1, 0.15) is 12.1 Å². The average molecular weight is 521 g/mol. The van der Waals surface area contributed by atoms with Crippen LogP contribution >= 0.6 is 11.6 Å². The third-order valence-corrected chi connectivity index (χ3v) is 7.13. The van der Waals surface area contributed by atoms with Crippen LogP contribution in [0, 0.1) is 5.82 Å². The number of benzene rings is 2. The van der Waals surface area contributed by atoms with Crippen LogP contribution in [-0.4, -0.2) is 55.7 Å². The highest BCUT2D eigenvalue weighted by atomic mass is 35.5. The van der Waals surface area contributed by atoms with Gasteiger partial charge in [0.25, 0.3) is 5.91 Å². The standard InChI is InChI=1S/C26H22ClFN6O3/c27-20-5-4-16(28)10-18(20)24-23-19(25(36)32-24)8-15(14-3-6-22-29-13-30-34(22)11-14)9-21(23)31-26(37)33-7-1-2-17(35)12-33/h3-6,8-11,13,17,24,35H,1-2,7,12H2,(H,31,37)(H,32,36). The third-order valence-electron chi connectivity index (χ3n) is 6.79. The molecule has 11 heteroatoms. The molecule has 2 aromatic heterocycles. The van der Waals surface area contributed by atoms with Gasteiger partial charge in [-0.2, -0.15) is 5.10 Å². The number of urea groups is 1. The van der Waals surface area contributed by atoms with Gasteiger partial charge in [0.05, 0.1) is 12.1 Å². The van der Waals surface area contributed by atoms with Crippen LogP contribution in [0.2, 0.25) is 5.02 Å². The van der Waals surface area contributed by atoms with E-state index in [1.54, 1.807) is 33.8 Å². The predicted molar refractivity (Wildman–Crippen MR) is 135 cm³/mol. The number of amides is 3. The second kappa shape index (κ2) is 9.13. The van der Waals surface area contributed by atoms with E-state index in [1.165, 1.54) is 24.5 Å². The molecule has 0 radical (unpaired) electrons. The quantitative estimate of drug-likeness (QED) is 0.378. The Kier molecular flexibility index (Phi) is 5.77. The Bertz CT molecular complexity index is 1560. The number of carbonyl (C=O) groups excluding carboxylic acids is 2. The molecule has 0 saturated carbocycles. The lowest BCUT2D eigenvalue weighted by atomic mass is 9.93. The number of rotatable bonds is 3. The highest BCUT2D eigenvalue weighted by Crippen LogP contribution is 2.41. The second-order valence-corrected chi connectivity index (χ2v) is 9.62. The van der Waals surface area contributed by atoms with Crippen LogP contribution in [0.25, 0.3) is 16.8 Å².